The van der Waals surface area contributed by atoms with Gasteiger partial charge in [-0.3, -0.25) is 9.78 Å². The van der Waals surface area contributed by atoms with Gasteiger partial charge in [0.1, 0.15) is 10.6 Å². The highest BCUT2D eigenvalue weighted by Gasteiger charge is 2.21. The molecular weight excluding hydrogens is 304 g/mol. The predicted molar refractivity (Wildman–Crippen MR) is 81.7 cm³/mol. The second-order valence-electron chi connectivity index (χ2n) is 4.90. The van der Waals surface area contributed by atoms with Gasteiger partial charge in [-0.1, -0.05) is 6.07 Å². The van der Waals surface area contributed by atoms with Gasteiger partial charge >= 0.3 is 0 Å². The van der Waals surface area contributed by atoms with E-state index in [1.165, 1.54) is 28.8 Å². The number of aryl methyl sites for hydroxylation is 1. The van der Waals surface area contributed by atoms with Gasteiger partial charge in [0.2, 0.25) is 10.0 Å². The van der Waals surface area contributed by atoms with Crippen molar-refractivity contribution in [3.05, 3.63) is 48.0 Å². The monoisotopic (exact) mass is 322 g/mol. The van der Waals surface area contributed by atoms with Crippen LogP contribution in [0.4, 0.5) is 0 Å². The Labute approximate surface area is 129 Å². The molecule has 2 aromatic heterocycles. The molecule has 0 unspecified atom stereocenters. The standard InChI is InChI=1S/C14H18N4O3S/c1-15-22(20,21)12-7-13(17(2)10-12)14(19)18(3)9-11-5-4-6-16-8-11/h4-8,10,15H,9H2,1-3H3. The second kappa shape index (κ2) is 6.29. The van der Waals surface area contributed by atoms with Crippen LogP contribution in [0, 0.1) is 0 Å². The molecular formula is C14H18N4O3S. The maximum absolute atomic E-state index is 12.5. The Bertz CT molecular complexity index is 769. The lowest BCUT2D eigenvalue weighted by molar-refractivity contribution is 0.0775. The van der Waals surface area contributed by atoms with Gasteiger partial charge in [-0.2, -0.15) is 0 Å². The molecule has 0 saturated heterocycles. The van der Waals surface area contributed by atoms with Crippen molar-refractivity contribution in [1.29, 1.82) is 0 Å². The minimum Gasteiger partial charge on any atom is -0.345 e. The molecule has 0 aliphatic heterocycles. The maximum Gasteiger partial charge on any atom is 0.270 e. The first kappa shape index (κ1) is 16.2. The molecule has 0 aromatic carbocycles. The number of carbonyl (C=O) groups is 1. The van der Waals surface area contributed by atoms with Gasteiger partial charge in [0.15, 0.2) is 0 Å². The van der Waals surface area contributed by atoms with E-state index in [2.05, 4.69) is 9.71 Å². The summed E-state index contributed by atoms with van der Waals surface area (Å²) < 4.78 is 27.3. The fraction of sp³-hybridized carbons (Fsp3) is 0.286. The number of sulfonamides is 1. The molecule has 0 saturated carbocycles. The van der Waals surface area contributed by atoms with Crippen LogP contribution in [0.3, 0.4) is 0 Å². The van der Waals surface area contributed by atoms with Crippen LogP contribution in [0.15, 0.2) is 41.7 Å². The summed E-state index contributed by atoms with van der Waals surface area (Å²) >= 11 is 0. The molecule has 22 heavy (non-hydrogen) atoms. The summed E-state index contributed by atoms with van der Waals surface area (Å²) in [6.45, 7) is 0.395. The zero-order valence-electron chi connectivity index (χ0n) is 12.6. The Balaban J connectivity index is 2.23. The predicted octanol–water partition coefficient (Wildman–Crippen LogP) is 0.600. The highest BCUT2D eigenvalue weighted by molar-refractivity contribution is 7.89. The van der Waals surface area contributed by atoms with Crippen LogP contribution in [-0.2, 0) is 23.6 Å². The second-order valence-corrected chi connectivity index (χ2v) is 6.79. The Morgan fingerprint density at radius 3 is 2.77 bits per heavy atom. The summed E-state index contributed by atoms with van der Waals surface area (Å²) in [6, 6.07) is 5.04. The van der Waals surface area contributed by atoms with Crippen molar-refractivity contribution in [3.8, 4) is 0 Å². The van der Waals surface area contributed by atoms with Gasteiger partial charge in [0.05, 0.1) is 0 Å². The van der Waals surface area contributed by atoms with Crippen molar-refractivity contribution in [2.75, 3.05) is 14.1 Å². The van der Waals surface area contributed by atoms with Gasteiger partial charge in [-0.05, 0) is 24.7 Å². The minimum atomic E-state index is -3.57. The van der Waals surface area contributed by atoms with E-state index in [0.29, 0.717) is 12.2 Å². The van der Waals surface area contributed by atoms with E-state index < -0.39 is 10.0 Å². The summed E-state index contributed by atoms with van der Waals surface area (Å²) in [5, 5.41) is 0. The lowest BCUT2D eigenvalue weighted by Gasteiger charge is -2.17. The van der Waals surface area contributed by atoms with Gasteiger partial charge in [0.25, 0.3) is 5.91 Å². The Morgan fingerprint density at radius 1 is 1.45 bits per heavy atom. The summed E-state index contributed by atoms with van der Waals surface area (Å²) in [7, 11) is 1.06. The SMILES string of the molecule is CNS(=O)(=O)c1cc(C(=O)N(C)Cc2cccnc2)n(C)c1. The van der Waals surface area contributed by atoms with Crippen LogP contribution >= 0.6 is 0 Å². The molecule has 7 nitrogen and oxygen atoms in total. The molecule has 2 aromatic rings. The van der Waals surface area contributed by atoms with E-state index in [9.17, 15) is 13.2 Å². The zero-order valence-corrected chi connectivity index (χ0v) is 13.5. The Kier molecular flexibility index (Phi) is 4.62. The first-order chi connectivity index (χ1) is 10.3. The third kappa shape index (κ3) is 3.34. The van der Waals surface area contributed by atoms with Crippen LogP contribution in [0.25, 0.3) is 0 Å². The minimum absolute atomic E-state index is 0.0654. The van der Waals surface area contributed by atoms with E-state index in [0.717, 1.165) is 5.56 Å². The smallest absolute Gasteiger partial charge is 0.270 e. The van der Waals surface area contributed by atoms with Crippen LogP contribution in [-0.4, -0.2) is 42.9 Å². The van der Waals surface area contributed by atoms with Crippen LogP contribution in [0.5, 0.6) is 0 Å². The molecule has 0 aliphatic carbocycles. The number of nitrogens with one attached hydrogen (secondary N) is 1. The summed E-state index contributed by atoms with van der Waals surface area (Å²) in [5.74, 6) is -0.260. The lowest BCUT2D eigenvalue weighted by Crippen LogP contribution is -2.27. The molecule has 1 amide bonds. The van der Waals surface area contributed by atoms with E-state index in [1.807, 2.05) is 6.07 Å². The number of hydrogen-bond donors (Lipinski definition) is 1. The number of hydrogen-bond acceptors (Lipinski definition) is 4. The molecule has 118 valence electrons. The highest BCUT2D eigenvalue weighted by atomic mass is 32.2. The van der Waals surface area contributed by atoms with E-state index in [4.69, 9.17) is 0 Å². The maximum atomic E-state index is 12.5. The number of aromatic nitrogens is 2. The van der Waals surface area contributed by atoms with Crippen molar-refractivity contribution in [2.45, 2.75) is 11.4 Å². The number of nitrogens with zero attached hydrogens (tertiary/aromatic N) is 3. The first-order valence-corrected chi connectivity index (χ1v) is 8.07. The topological polar surface area (TPSA) is 84.3 Å². The van der Waals surface area contributed by atoms with Crippen LogP contribution in [0.1, 0.15) is 16.1 Å². The normalized spacial score (nSPS) is 11.4. The summed E-state index contributed by atoms with van der Waals surface area (Å²) in [4.78, 5) is 18.1. The molecule has 0 atom stereocenters. The summed E-state index contributed by atoms with van der Waals surface area (Å²) in [6.07, 6.45) is 4.76. The van der Waals surface area contributed by atoms with Crippen LogP contribution in [0.2, 0.25) is 0 Å². The van der Waals surface area contributed by atoms with Gasteiger partial charge < -0.3 is 9.47 Å². The van der Waals surface area contributed by atoms with Gasteiger partial charge in [0, 0.05) is 39.2 Å². The molecule has 2 heterocycles. The molecule has 0 spiro atoms. The van der Waals surface area contributed by atoms with E-state index in [-0.39, 0.29) is 10.8 Å². The lowest BCUT2D eigenvalue weighted by atomic mass is 10.2. The quantitative estimate of drug-likeness (QED) is 0.874. The molecule has 0 aliphatic rings. The van der Waals surface area contributed by atoms with E-state index in [1.54, 1.807) is 32.6 Å². The number of rotatable bonds is 5. The first-order valence-electron chi connectivity index (χ1n) is 6.59. The number of pyridine rings is 1. The van der Waals surface area contributed by atoms with Crippen molar-refractivity contribution >= 4 is 15.9 Å². The van der Waals surface area contributed by atoms with Crippen molar-refractivity contribution in [2.24, 2.45) is 7.05 Å². The molecule has 1 N–H and O–H groups in total. The molecule has 0 bridgehead atoms. The van der Waals surface area contributed by atoms with Gasteiger partial charge in [-0.15, -0.1) is 0 Å². The molecule has 0 radical (unpaired) electrons. The van der Waals surface area contributed by atoms with Crippen molar-refractivity contribution < 1.29 is 13.2 Å². The highest BCUT2D eigenvalue weighted by Crippen LogP contribution is 2.15. The molecule has 0 fully saturated rings. The average molecular weight is 322 g/mol. The largest absolute Gasteiger partial charge is 0.345 e. The molecule has 2 rings (SSSR count). The van der Waals surface area contributed by atoms with E-state index >= 15 is 0 Å². The fourth-order valence-electron chi connectivity index (χ4n) is 2.04. The number of amides is 1. The Morgan fingerprint density at radius 2 is 2.18 bits per heavy atom. The third-order valence-corrected chi connectivity index (χ3v) is 4.65. The zero-order chi connectivity index (χ0) is 16.3. The van der Waals surface area contributed by atoms with Gasteiger partial charge in [-0.25, -0.2) is 13.1 Å². The van der Waals surface area contributed by atoms with Crippen molar-refractivity contribution in [3.63, 3.8) is 0 Å². The van der Waals surface area contributed by atoms with Crippen LogP contribution < -0.4 is 4.72 Å². The molecule has 8 heteroatoms. The summed E-state index contributed by atoms with van der Waals surface area (Å²) in [5.41, 5.74) is 1.20. The average Bonchev–Trinajstić information content (AvgIpc) is 2.90. The number of carbonyl (C=O) groups excluding carboxylic acids is 1. The Hall–Kier alpha value is -2.19. The van der Waals surface area contributed by atoms with Crippen molar-refractivity contribution in [1.82, 2.24) is 19.2 Å². The third-order valence-electron chi connectivity index (χ3n) is 3.27. The fourth-order valence-corrected chi connectivity index (χ4v) is 2.84.